The van der Waals surface area contributed by atoms with Gasteiger partial charge in [0.05, 0.1) is 6.04 Å². The summed E-state index contributed by atoms with van der Waals surface area (Å²) in [5, 5.41) is 16.1. The van der Waals surface area contributed by atoms with E-state index in [2.05, 4.69) is 16.0 Å². The molecule has 0 aromatic heterocycles. The van der Waals surface area contributed by atoms with Crippen LogP contribution in [0.3, 0.4) is 0 Å². The fourth-order valence-electron chi connectivity index (χ4n) is 2.58. The zero-order chi connectivity index (χ0) is 25.0. The molecule has 0 saturated heterocycles. The number of carbonyl (C=O) groups is 6. The standard InChI is InChI=1S/C19H34N6O7/c1-4-9(2)15(25-16(28)11(20)5-7-13(21)26)18(30)24-12(6-8-14(22)27)17(29)23-10(3)19(31)32/h9-12,15H,4-8,20H2,1-3H3,(H2,21,26)(H2,22,27)(H,23,29)(H,24,30)(H,25,28)(H,31,32). The van der Waals surface area contributed by atoms with E-state index in [1.807, 2.05) is 0 Å². The molecule has 0 saturated carbocycles. The van der Waals surface area contributed by atoms with Gasteiger partial charge in [-0.1, -0.05) is 20.3 Å². The normalized spacial score (nSPS) is 15.4. The van der Waals surface area contributed by atoms with Crippen molar-refractivity contribution in [3.63, 3.8) is 0 Å². The first-order valence-electron chi connectivity index (χ1n) is 10.3. The van der Waals surface area contributed by atoms with Crippen LogP contribution in [0.15, 0.2) is 0 Å². The van der Waals surface area contributed by atoms with Gasteiger partial charge >= 0.3 is 5.97 Å². The Bertz CT molecular complexity index is 714. The van der Waals surface area contributed by atoms with Crippen molar-refractivity contribution in [3.8, 4) is 0 Å². The highest BCUT2D eigenvalue weighted by Crippen LogP contribution is 2.10. The highest BCUT2D eigenvalue weighted by Gasteiger charge is 2.32. The Hall–Kier alpha value is -3.22. The molecule has 0 aliphatic rings. The monoisotopic (exact) mass is 458 g/mol. The van der Waals surface area contributed by atoms with E-state index >= 15 is 0 Å². The summed E-state index contributed by atoms with van der Waals surface area (Å²) >= 11 is 0. The topological polar surface area (TPSA) is 237 Å². The first kappa shape index (κ1) is 28.8. The van der Waals surface area contributed by atoms with Crippen LogP contribution in [0.1, 0.15) is 52.9 Å². The fourth-order valence-corrected chi connectivity index (χ4v) is 2.58. The van der Waals surface area contributed by atoms with Gasteiger partial charge in [0.25, 0.3) is 0 Å². The Kier molecular flexibility index (Phi) is 12.6. The summed E-state index contributed by atoms with van der Waals surface area (Å²) in [6, 6.07) is -4.65. The molecule has 0 heterocycles. The van der Waals surface area contributed by atoms with Gasteiger partial charge in [0.2, 0.25) is 29.5 Å². The number of carbonyl (C=O) groups excluding carboxylic acids is 5. The molecule has 13 nitrogen and oxygen atoms in total. The fraction of sp³-hybridized carbons (Fsp3) is 0.684. The molecule has 0 fully saturated rings. The van der Waals surface area contributed by atoms with Crippen molar-refractivity contribution < 1.29 is 33.9 Å². The van der Waals surface area contributed by atoms with Crippen molar-refractivity contribution in [2.24, 2.45) is 23.1 Å². The van der Waals surface area contributed by atoms with Crippen molar-refractivity contribution in [2.75, 3.05) is 0 Å². The van der Waals surface area contributed by atoms with Gasteiger partial charge in [-0.25, -0.2) is 0 Å². The van der Waals surface area contributed by atoms with Crippen LogP contribution in [0.2, 0.25) is 0 Å². The van der Waals surface area contributed by atoms with Crippen LogP contribution >= 0.6 is 0 Å². The molecule has 0 bridgehead atoms. The van der Waals surface area contributed by atoms with Crippen molar-refractivity contribution in [3.05, 3.63) is 0 Å². The lowest BCUT2D eigenvalue weighted by Gasteiger charge is -2.27. The summed E-state index contributed by atoms with van der Waals surface area (Å²) in [6.07, 6.45) is -0.0293. The van der Waals surface area contributed by atoms with Crippen LogP contribution in [-0.2, 0) is 28.8 Å². The largest absolute Gasteiger partial charge is 0.480 e. The predicted octanol–water partition coefficient (Wildman–Crippen LogP) is -2.55. The molecule has 5 unspecified atom stereocenters. The molecule has 0 aliphatic carbocycles. The van der Waals surface area contributed by atoms with E-state index < -0.39 is 59.7 Å². The smallest absolute Gasteiger partial charge is 0.325 e. The molecule has 13 heteroatoms. The quantitative estimate of drug-likeness (QED) is 0.137. The maximum Gasteiger partial charge on any atom is 0.325 e. The van der Waals surface area contributed by atoms with Crippen LogP contribution in [0.25, 0.3) is 0 Å². The molecule has 0 spiro atoms. The Morgan fingerprint density at radius 1 is 0.812 bits per heavy atom. The molecule has 10 N–H and O–H groups in total. The molecular weight excluding hydrogens is 424 g/mol. The Morgan fingerprint density at radius 2 is 1.34 bits per heavy atom. The van der Waals surface area contributed by atoms with E-state index in [1.165, 1.54) is 6.92 Å². The van der Waals surface area contributed by atoms with Crippen molar-refractivity contribution >= 4 is 35.5 Å². The van der Waals surface area contributed by atoms with Crippen LogP contribution in [0.4, 0.5) is 0 Å². The third-order valence-electron chi connectivity index (χ3n) is 4.87. The maximum atomic E-state index is 12.9. The molecule has 0 rings (SSSR count). The minimum absolute atomic E-state index is 0.00721. The molecule has 5 atom stereocenters. The molecule has 0 radical (unpaired) electrons. The lowest BCUT2D eigenvalue weighted by molar-refractivity contribution is -0.142. The van der Waals surface area contributed by atoms with Gasteiger partial charge in [0.1, 0.15) is 18.1 Å². The maximum absolute atomic E-state index is 12.9. The SMILES string of the molecule is CCC(C)C(NC(=O)C(N)CCC(N)=O)C(=O)NC(CCC(N)=O)C(=O)NC(C)C(=O)O. The second-order valence-corrected chi connectivity index (χ2v) is 7.62. The summed E-state index contributed by atoms with van der Waals surface area (Å²) in [5.41, 5.74) is 15.9. The first-order chi connectivity index (χ1) is 14.8. The Morgan fingerprint density at radius 3 is 1.81 bits per heavy atom. The van der Waals surface area contributed by atoms with Gasteiger partial charge in [-0.05, 0) is 25.7 Å². The van der Waals surface area contributed by atoms with E-state index in [4.69, 9.17) is 22.3 Å². The number of carboxylic acid groups (broad SMARTS) is 1. The number of hydrogen-bond donors (Lipinski definition) is 7. The molecule has 5 amide bonds. The summed E-state index contributed by atoms with van der Waals surface area (Å²) < 4.78 is 0. The van der Waals surface area contributed by atoms with Gasteiger partial charge in [0.15, 0.2) is 0 Å². The molecule has 0 aromatic rings. The Labute approximate surface area is 186 Å². The van der Waals surface area contributed by atoms with Crippen LogP contribution < -0.4 is 33.2 Å². The average molecular weight is 459 g/mol. The van der Waals surface area contributed by atoms with Gasteiger partial charge in [-0.3, -0.25) is 28.8 Å². The van der Waals surface area contributed by atoms with Crippen molar-refractivity contribution in [2.45, 2.75) is 77.0 Å². The zero-order valence-electron chi connectivity index (χ0n) is 18.6. The number of nitrogens with one attached hydrogen (secondary N) is 3. The number of hydrogen-bond acceptors (Lipinski definition) is 7. The number of amides is 5. The van der Waals surface area contributed by atoms with Crippen LogP contribution in [0.5, 0.6) is 0 Å². The zero-order valence-corrected chi connectivity index (χ0v) is 18.6. The highest BCUT2D eigenvalue weighted by molar-refractivity contribution is 5.94. The van der Waals surface area contributed by atoms with E-state index in [-0.39, 0.29) is 31.6 Å². The first-order valence-corrected chi connectivity index (χ1v) is 10.3. The third-order valence-corrected chi connectivity index (χ3v) is 4.87. The molecule has 32 heavy (non-hydrogen) atoms. The van der Waals surface area contributed by atoms with Gasteiger partial charge < -0.3 is 38.3 Å². The van der Waals surface area contributed by atoms with E-state index in [0.29, 0.717) is 6.42 Å². The van der Waals surface area contributed by atoms with Gasteiger partial charge in [-0.2, -0.15) is 0 Å². The second-order valence-electron chi connectivity index (χ2n) is 7.62. The molecular formula is C19H34N6O7. The molecule has 182 valence electrons. The van der Waals surface area contributed by atoms with E-state index in [0.717, 1.165) is 0 Å². The lowest BCUT2D eigenvalue weighted by atomic mass is 9.96. The number of rotatable bonds is 15. The highest BCUT2D eigenvalue weighted by atomic mass is 16.4. The third kappa shape index (κ3) is 10.7. The van der Waals surface area contributed by atoms with Crippen LogP contribution in [0, 0.1) is 5.92 Å². The number of aliphatic carboxylic acids is 1. The minimum Gasteiger partial charge on any atom is -0.480 e. The van der Waals surface area contributed by atoms with Gasteiger partial charge in [0, 0.05) is 12.8 Å². The van der Waals surface area contributed by atoms with Crippen LogP contribution in [-0.4, -0.2) is 64.8 Å². The predicted molar refractivity (Wildman–Crippen MR) is 113 cm³/mol. The molecule has 0 aliphatic heterocycles. The lowest BCUT2D eigenvalue weighted by Crippen LogP contribution is -2.58. The summed E-state index contributed by atoms with van der Waals surface area (Å²) in [7, 11) is 0. The van der Waals surface area contributed by atoms with Gasteiger partial charge in [-0.15, -0.1) is 0 Å². The summed E-state index contributed by atoms with van der Waals surface area (Å²) in [5.74, 6) is -5.19. The Balaban J connectivity index is 5.43. The summed E-state index contributed by atoms with van der Waals surface area (Å²) in [6.45, 7) is 4.73. The number of carboxylic acids is 1. The molecule has 0 aromatic carbocycles. The second kappa shape index (κ2) is 14.0. The average Bonchev–Trinajstić information content (AvgIpc) is 2.71. The number of nitrogens with two attached hydrogens (primary N) is 3. The number of primary amides is 2. The van der Waals surface area contributed by atoms with E-state index in [9.17, 15) is 28.8 Å². The van der Waals surface area contributed by atoms with Crippen molar-refractivity contribution in [1.29, 1.82) is 0 Å². The minimum atomic E-state index is -1.28. The van der Waals surface area contributed by atoms with E-state index in [1.54, 1.807) is 13.8 Å². The van der Waals surface area contributed by atoms with Crippen molar-refractivity contribution in [1.82, 2.24) is 16.0 Å². The summed E-state index contributed by atoms with van der Waals surface area (Å²) in [4.78, 5) is 70.7.